The first-order chi connectivity index (χ1) is 15.3. The minimum atomic E-state index is -3.82. The molecule has 11 heteroatoms. The summed E-state index contributed by atoms with van der Waals surface area (Å²) < 4.78 is 29.8. The Morgan fingerprint density at radius 1 is 1.19 bits per heavy atom. The predicted molar refractivity (Wildman–Crippen MR) is 112 cm³/mol. The molecule has 1 radical (unpaired) electrons. The number of ether oxygens (including phenoxy) is 1. The van der Waals surface area contributed by atoms with Crippen LogP contribution in [-0.4, -0.2) is 37.6 Å². The van der Waals surface area contributed by atoms with Gasteiger partial charge in [-0.1, -0.05) is 0 Å². The molecule has 0 bridgehead atoms. The molecule has 0 unspecified atom stereocenters. The van der Waals surface area contributed by atoms with Crippen molar-refractivity contribution in [3.8, 4) is 11.6 Å². The van der Waals surface area contributed by atoms with Crippen LogP contribution in [0.3, 0.4) is 0 Å². The fourth-order valence-electron chi connectivity index (χ4n) is 3.68. The number of hydrogen-bond donors (Lipinski definition) is 2. The van der Waals surface area contributed by atoms with Gasteiger partial charge in [0, 0.05) is 53.8 Å². The Hall–Kier alpha value is -3.53. The van der Waals surface area contributed by atoms with E-state index in [-0.39, 0.29) is 17.5 Å². The second kappa shape index (κ2) is 8.91. The van der Waals surface area contributed by atoms with Crippen LogP contribution in [0.4, 0.5) is 20.2 Å². The minimum absolute atomic E-state index is 0.143. The van der Waals surface area contributed by atoms with Crippen molar-refractivity contribution < 1.29 is 23.4 Å². The van der Waals surface area contributed by atoms with Gasteiger partial charge in [0.15, 0.2) is 0 Å². The van der Waals surface area contributed by atoms with Crippen LogP contribution in [0.5, 0.6) is 11.6 Å². The highest BCUT2D eigenvalue weighted by atomic mass is 35.5. The Balaban J connectivity index is 1.56. The molecule has 1 aromatic carbocycles. The average Bonchev–Trinajstić information content (AvgIpc) is 3.20. The lowest BCUT2D eigenvalue weighted by molar-refractivity contribution is -0.117. The number of benzene rings is 1. The number of anilines is 2. The number of aromatic hydroxyl groups is 1. The first kappa shape index (κ1) is 21.7. The molecule has 1 aliphatic rings. The molecule has 1 aliphatic heterocycles. The van der Waals surface area contributed by atoms with Crippen molar-refractivity contribution in [2.24, 2.45) is 0 Å². The predicted octanol–water partition coefficient (Wildman–Crippen LogP) is 3.89. The van der Waals surface area contributed by atoms with E-state index in [9.17, 15) is 18.7 Å². The minimum Gasteiger partial charge on any atom is -0.492 e. The Morgan fingerprint density at radius 2 is 1.94 bits per heavy atom. The highest BCUT2D eigenvalue weighted by Gasteiger charge is 2.41. The molecule has 8 nitrogen and oxygen atoms in total. The molecular weight excluding hydrogens is 444 g/mol. The van der Waals surface area contributed by atoms with Gasteiger partial charge in [0.05, 0.1) is 6.04 Å². The quantitative estimate of drug-likeness (QED) is 0.538. The van der Waals surface area contributed by atoms with E-state index in [2.05, 4.69) is 31.1 Å². The van der Waals surface area contributed by atoms with Crippen LogP contribution in [0, 0.1) is 6.07 Å². The number of carbonyl (C=O) groups is 1. The fourth-order valence-corrected chi connectivity index (χ4v) is 3.77. The summed E-state index contributed by atoms with van der Waals surface area (Å²) in [7, 11) is 0. The van der Waals surface area contributed by atoms with Gasteiger partial charge in [0.2, 0.25) is 11.8 Å². The molecular formula is C21H17ClF2N5O3. The van der Waals surface area contributed by atoms with Crippen molar-refractivity contribution in [2.75, 3.05) is 10.2 Å². The van der Waals surface area contributed by atoms with E-state index in [4.69, 9.17) is 11.6 Å². The molecule has 4 rings (SSSR count). The Kier molecular flexibility index (Phi) is 6.04. The van der Waals surface area contributed by atoms with Gasteiger partial charge >= 0.3 is 5.57 Å². The molecule has 0 spiro atoms. The number of rotatable bonds is 6. The van der Waals surface area contributed by atoms with Crippen LogP contribution in [-0.2, 0) is 4.79 Å². The largest absolute Gasteiger partial charge is 0.492 e. The number of hydrogen-bond acceptors (Lipinski definition) is 7. The van der Waals surface area contributed by atoms with Crippen LogP contribution in [0.2, 0.25) is 0 Å². The molecule has 0 saturated carbocycles. The number of pyridine rings is 1. The molecule has 1 amide bonds. The zero-order valence-electron chi connectivity index (χ0n) is 16.5. The van der Waals surface area contributed by atoms with Crippen molar-refractivity contribution in [3.63, 3.8) is 0 Å². The summed E-state index contributed by atoms with van der Waals surface area (Å²) in [5.41, 5.74) is -2.46. The summed E-state index contributed by atoms with van der Waals surface area (Å²) in [6.07, 6.45) is 6.94. The van der Waals surface area contributed by atoms with E-state index < -0.39 is 17.7 Å². The number of halogens is 3. The first-order valence-corrected chi connectivity index (χ1v) is 9.96. The van der Waals surface area contributed by atoms with Crippen LogP contribution >= 0.6 is 11.6 Å². The zero-order valence-corrected chi connectivity index (χ0v) is 17.2. The monoisotopic (exact) mass is 460 g/mol. The third-order valence-corrected chi connectivity index (χ3v) is 5.03. The Bertz CT molecular complexity index is 1080. The standard InChI is InChI=1S/C21H17ClF2N5O3/c22-21(23,24)32-15-3-1-13(2-4-15)28-19(30)17-6-5-16(18-20(31)27-12-11-26-18)29(17)14-7-9-25-10-8-14/h1-4,7,9-12,16-17H,5-6H2,(H,27,31)(H,28,30)/t16-,17-/m1/s1. The van der Waals surface area contributed by atoms with Crippen molar-refractivity contribution in [1.82, 2.24) is 15.0 Å². The third kappa shape index (κ3) is 4.86. The normalized spacial score (nSPS) is 18.4. The van der Waals surface area contributed by atoms with E-state index >= 15 is 0 Å². The van der Waals surface area contributed by atoms with Gasteiger partial charge in [0.25, 0.3) is 0 Å². The Morgan fingerprint density at radius 3 is 2.59 bits per heavy atom. The number of aromatic nitrogens is 3. The van der Waals surface area contributed by atoms with Gasteiger partial charge in [-0.05, 0) is 43.2 Å². The summed E-state index contributed by atoms with van der Waals surface area (Å²) in [5.74, 6) is -0.670. The third-order valence-electron chi connectivity index (χ3n) is 4.95. The molecule has 2 N–H and O–H groups in total. The topological polar surface area (TPSA) is 100 Å². The lowest BCUT2D eigenvalue weighted by Crippen LogP contribution is -2.41. The SMILES string of the molecule is O=C(Nc1ccc(OC(F)(F)Cl)cc1)[C@H]1CC[C@H](c2nccnc2O)N1c1[c]cncc1. The number of nitrogens with one attached hydrogen (secondary N) is 1. The lowest BCUT2D eigenvalue weighted by atomic mass is 10.1. The van der Waals surface area contributed by atoms with E-state index in [1.807, 2.05) is 4.90 Å². The number of carbonyl (C=O) groups excluding carboxylic acids is 1. The molecule has 1 saturated heterocycles. The fraction of sp³-hybridized carbons (Fsp3) is 0.238. The molecule has 32 heavy (non-hydrogen) atoms. The van der Waals surface area contributed by atoms with Gasteiger partial charge in [-0.2, -0.15) is 0 Å². The highest BCUT2D eigenvalue weighted by molar-refractivity contribution is 6.20. The van der Waals surface area contributed by atoms with E-state index in [0.29, 0.717) is 29.9 Å². The summed E-state index contributed by atoms with van der Waals surface area (Å²) in [6.45, 7) is 0. The van der Waals surface area contributed by atoms with Crippen molar-refractivity contribution in [1.29, 1.82) is 0 Å². The van der Waals surface area contributed by atoms with E-state index in [1.54, 1.807) is 12.3 Å². The van der Waals surface area contributed by atoms with Crippen molar-refractivity contribution >= 4 is 28.9 Å². The number of nitrogens with zero attached hydrogens (tertiary/aromatic N) is 4. The summed E-state index contributed by atoms with van der Waals surface area (Å²) >= 11 is 4.76. The Labute approximate surface area is 186 Å². The molecule has 2 atom stereocenters. The summed E-state index contributed by atoms with van der Waals surface area (Å²) in [6, 6.07) is 9.12. The van der Waals surface area contributed by atoms with Crippen LogP contribution in [0.1, 0.15) is 24.6 Å². The van der Waals surface area contributed by atoms with Crippen LogP contribution < -0.4 is 15.0 Å². The summed E-state index contributed by atoms with van der Waals surface area (Å²) in [4.78, 5) is 27.0. The highest BCUT2D eigenvalue weighted by Crippen LogP contribution is 2.41. The van der Waals surface area contributed by atoms with Crippen LogP contribution in [0.15, 0.2) is 55.1 Å². The first-order valence-electron chi connectivity index (χ1n) is 9.58. The van der Waals surface area contributed by atoms with Gasteiger partial charge in [-0.25, -0.2) is 4.98 Å². The maximum Gasteiger partial charge on any atom is 0.487 e. The molecule has 0 aliphatic carbocycles. The summed E-state index contributed by atoms with van der Waals surface area (Å²) in [5, 5.41) is 13.0. The number of alkyl halides is 3. The zero-order chi connectivity index (χ0) is 22.7. The molecule has 3 heterocycles. The smallest absolute Gasteiger partial charge is 0.487 e. The second-order valence-electron chi connectivity index (χ2n) is 6.97. The van der Waals surface area contributed by atoms with Crippen molar-refractivity contribution in [3.05, 3.63) is 66.9 Å². The molecule has 3 aromatic rings. The van der Waals surface area contributed by atoms with Crippen molar-refractivity contribution in [2.45, 2.75) is 30.5 Å². The van der Waals surface area contributed by atoms with E-state index in [1.165, 1.54) is 42.9 Å². The average molecular weight is 461 g/mol. The maximum atomic E-state index is 13.1. The maximum absolute atomic E-state index is 13.1. The molecule has 1 fully saturated rings. The second-order valence-corrected chi connectivity index (χ2v) is 7.41. The molecule has 2 aromatic heterocycles. The van der Waals surface area contributed by atoms with Gasteiger partial charge in [-0.15, -0.1) is 8.78 Å². The number of amides is 1. The van der Waals surface area contributed by atoms with E-state index in [0.717, 1.165) is 0 Å². The van der Waals surface area contributed by atoms with Gasteiger partial charge in [-0.3, -0.25) is 14.8 Å². The lowest BCUT2D eigenvalue weighted by Gasteiger charge is -2.31. The van der Waals surface area contributed by atoms with Crippen LogP contribution in [0.25, 0.3) is 0 Å². The molecule has 165 valence electrons. The van der Waals surface area contributed by atoms with Gasteiger partial charge < -0.3 is 20.1 Å². The van der Waals surface area contributed by atoms with Gasteiger partial charge in [0.1, 0.15) is 17.5 Å².